The molecule has 0 saturated carbocycles. The van der Waals surface area contributed by atoms with Gasteiger partial charge < -0.3 is 20.6 Å². The summed E-state index contributed by atoms with van der Waals surface area (Å²) in [6.45, 7) is 0. The molecule has 5 N–H and O–H groups in total. The Morgan fingerprint density at radius 1 is 1.15 bits per heavy atom. The van der Waals surface area contributed by atoms with Crippen molar-refractivity contribution in [1.82, 2.24) is 0 Å². The second kappa shape index (κ2) is 7.76. The molecule has 1 atom stereocenters. The van der Waals surface area contributed by atoms with Crippen molar-refractivity contribution >= 4 is 19.3 Å². The molecule has 0 aliphatic heterocycles. The van der Waals surface area contributed by atoms with Gasteiger partial charge >= 0.3 is 13.6 Å². The van der Waals surface area contributed by atoms with Crippen LogP contribution in [0.3, 0.4) is 0 Å². The number of nitrogens with two attached hydrogens (primary N) is 1. The number of carboxylic acid groups (broad SMARTS) is 1. The number of carbonyl (C=O) groups is 1. The van der Waals surface area contributed by atoms with E-state index in [1.165, 1.54) is 30.3 Å². The Hall–Kier alpha value is -2.58. The minimum atomic E-state index is -4.35. The highest BCUT2D eigenvalue weighted by Gasteiger charge is 2.18. The largest absolute Gasteiger partial charge is 0.480 e. The zero-order chi connectivity index (χ0) is 19.5. The minimum absolute atomic E-state index is 0.0493. The monoisotopic (exact) mass is 380 g/mol. The Morgan fingerprint density at radius 3 is 2.38 bits per heavy atom. The molecule has 9 nitrogen and oxygen atoms in total. The molecular formula is C16H17N2O7P. The molecule has 138 valence electrons. The topological polar surface area (TPSA) is 164 Å². The van der Waals surface area contributed by atoms with Gasteiger partial charge in [-0.3, -0.25) is 19.5 Å². The third-order valence-electron chi connectivity index (χ3n) is 3.60. The molecule has 2 rings (SSSR count). The third kappa shape index (κ3) is 5.47. The van der Waals surface area contributed by atoms with Crippen LogP contribution in [0.1, 0.15) is 11.1 Å². The van der Waals surface area contributed by atoms with Gasteiger partial charge in [0.2, 0.25) is 0 Å². The van der Waals surface area contributed by atoms with Gasteiger partial charge in [-0.05, 0) is 28.7 Å². The van der Waals surface area contributed by atoms with Gasteiger partial charge in [-0.25, -0.2) is 0 Å². The van der Waals surface area contributed by atoms with Crippen LogP contribution in [0.4, 0.5) is 5.69 Å². The molecule has 0 heterocycles. The van der Waals surface area contributed by atoms with E-state index < -0.39 is 30.7 Å². The number of rotatable bonds is 7. The fourth-order valence-corrected chi connectivity index (χ4v) is 3.17. The van der Waals surface area contributed by atoms with Gasteiger partial charge in [-0.1, -0.05) is 30.3 Å². The molecule has 0 amide bonds. The molecular weight excluding hydrogens is 363 g/mol. The fraction of sp³-hybridized carbons (Fsp3) is 0.188. The molecule has 0 fully saturated rings. The average molecular weight is 380 g/mol. The maximum absolute atomic E-state index is 11.3. The van der Waals surface area contributed by atoms with Crippen molar-refractivity contribution in [3.63, 3.8) is 0 Å². The van der Waals surface area contributed by atoms with Gasteiger partial charge in [-0.2, -0.15) is 0 Å². The van der Waals surface area contributed by atoms with Crippen molar-refractivity contribution in [2.24, 2.45) is 5.73 Å². The van der Waals surface area contributed by atoms with Crippen molar-refractivity contribution < 1.29 is 29.2 Å². The number of nitro benzene ring substituents is 1. The van der Waals surface area contributed by atoms with Gasteiger partial charge in [0.05, 0.1) is 11.1 Å². The van der Waals surface area contributed by atoms with Crippen LogP contribution in [0.5, 0.6) is 0 Å². The average Bonchev–Trinajstić information content (AvgIpc) is 2.53. The smallest absolute Gasteiger partial charge is 0.329 e. The lowest BCUT2D eigenvalue weighted by Crippen LogP contribution is -2.32. The van der Waals surface area contributed by atoms with E-state index in [1.807, 2.05) is 0 Å². The number of nitro groups is 1. The summed E-state index contributed by atoms with van der Waals surface area (Å²) in [6, 6.07) is 9.16. The zero-order valence-electron chi connectivity index (χ0n) is 13.5. The lowest BCUT2D eigenvalue weighted by molar-refractivity contribution is -0.384. The van der Waals surface area contributed by atoms with Crippen molar-refractivity contribution in [3.05, 3.63) is 63.7 Å². The lowest BCUT2D eigenvalue weighted by Gasteiger charge is -2.13. The molecule has 0 saturated heterocycles. The van der Waals surface area contributed by atoms with Crippen molar-refractivity contribution in [2.45, 2.75) is 18.6 Å². The summed E-state index contributed by atoms with van der Waals surface area (Å²) < 4.78 is 11.3. The van der Waals surface area contributed by atoms with Gasteiger partial charge in [0.1, 0.15) is 6.04 Å². The van der Waals surface area contributed by atoms with Gasteiger partial charge in [-0.15, -0.1) is 0 Å². The molecule has 0 bridgehead atoms. The quantitative estimate of drug-likeness (QED) is 0.321. The Balaban J connectivity index is 2.51. The summed E-state index contributed by atoms with van der Waals surface area (Å²) >= 11 is 0. The van der Waals surface area contributed by atoms with E-state index in [2.05, 4.69) is 0 Å². The van der Waals surface area contributed by atoms with Gasteiger partial charge in [0.25, 0.3) is 5.69 Å². The molecule has 0 aliphatic rings. The van der Waals surface area contributed by atoms with Crippen LogP contribution in [0, 0.1) is 10.1 Å². The fourth-order valence-electron chi connectivity index (χ4n) is 2.52. The summed E-state index contributed by atoms with van der Waals surface area (Å²) in [5.74, 6) is -1.21. The Kier molecular flexibility index (Phi) is 5.89. The molecule has 0 aromatic heterocycles. The zero-order valence-corrected chi connectivity index (χ0v) is 14.4. The maximum atomic E-state index is 11.3. The van der Waals surface area contributed by atoms with E-state index in [1.54, 1.807) is 12.1 Å². The number of hydrogen-bond donors (Lipinski definition) is 4. The highest BCUT2D eigenvalue weighted by atomic mass is 31.2. The van der Waals surface area contributed by atoms with Crippen molar-refractivity contribution in [1.29, 1.82) is 0 Å². The number of non-ortho nitro benzene ring substituents is 1. The van der Waals surface area contributed by atoms with E-state index in [0.717, 1.165) is 0 Å². The highest BCUT2D eigenvalue weighted by molar-refractivity contribution is 7.50. The lowest BCUT2D eigenvalue weighted by atomic mass is 9.97. The summed E-state index contributed by atoms with van der Waals surface area (Å²) in [7, 11) is -4.35. The first kappa shape index (κ1) is 19.7. The van der Waals surface area contributed by atoms with Crippen molar-refractivity contribution in [2.75, 3.05) is 0 Å². The van der Waals surface area contributed by atoms with Crippen molar-refractivity contribution in [3.8, 4) is 11.1 Å². The number of benzene rings is 2. The molecule has 10 heteroatoms. The van der Waals surface area contributed by atoms with Crippen LogP contribution in [0.25, 0.3) is 11.1 Å². The Labute approximate surface area is 148 Å². The number of hydrogen-bond acceptors (Lipinski definition) is 5. The predicted octanol–water partition coefficient (Wildman–Crippen LogP) is 1.89. The van der Waals surface area contributed by atoms with Crippen LogP contribution >= 0.6 is 7.60 Å². The molecule has 0 spiro atoms. The van der Waals surface area contributed by atoms with Crippen LogP contribution in [0.15, 0.2) is 42.5 Å². The first-order valence-electron chi connectivity index (χ1n) is 7.46. The molecule has 0 unspecified atom stereocenters. The van der Waals surface area contributed by atoms with E-state index in [9.17, 15) is 29.3 Å². The van der Waals surface area contributed by atoms with E-state index in [0.29, 0.717) is 16.7 Å². The summed E-state index contributed by atoms with van der Waals surface area (Å²) in [5, 5.41) is 19.9. The highest BCUT2D eigenvalue weighted by Crippen LogP contribution is 2.40. The Morgan fingerprint density at radius 2 is 1.81 bits per heavy atom. The minimum Gasteiger partial charge on any atom is -0.480 e. The van der Waals surface area contributed by atoms with Crippen LogP contribution in [-0.2, 0) is 21.9 Å². The van der Waals surface area contributed by atoms with E-state index in [4.69, 9.17) is 10.8 Å². The predicted molar refractivity (Wildman–Crippen MR) is 93.6 cm³/mol. The molecule has 2 aromatic carbocycles. The second-order valence-corrected chi connectivity index (χ2v) is 7.46. The third-order valence-corrected chi connectivity index (χ3v) is 4.38. The first-order chi connectivity index (χ1) is 12.0. The molecule has 2 aromatic rings. The van der Waals surface area contributed by atoms with E-state index in [-0.39, 0.29) is 17.7 Å². The SMILES string of the molecule is N[C@@H](Cc1cc(CP(=O)(O)O)cc(-c2cccc([N+](=O)[O-])c2)c1)C(=O)O. The first-order valence-corrected chi connectivity index (χ1v) is 9.25. The standard InChI is InChI=1S/C16H17N2O7P/c17-15(16(19)20)7-10-4-11(9-26(23,24)25)6-13(5-10)12-2-1-3-14(8-12)18(21)22/h1-6,8,15H,7,9,17H2,(H,19,20)(H2,23,24,25)/t15-/m0/s1. The number of nitrogens with zero attached hydrogens (tertiary/aromatic N) is 1. The van der Waals surface area contributed by atoms with Gasteiger partial charge in [0, 0.05) is 12.1 Å². The van der Waals surface area contributed by atoms with Crippen LogP contribution < -0.4 is 5.73 Å². The van der Waals surface area contributed by atoms with Crippen LogP contribution in [0.2, 0.25) is 0 Å². The summed E-state index contributed by atoms with van der Waals surface area (Å²) in [6.07, 6.45) is -0.586. The summed E-state index contributed by atoms with van der Waals surface area (Å²) in [4.78, 5) is 39.8. The number of aliphatic carboxylic acids is 1. The molecule has 0 aliphatic carbocycles. The normalized spacial score (nSPS) is 12.6. The summed E-state index contributed by atoms with van der Waals surface area (Å²) in [5.41, 5.74) is 7.10. The van der Waals surface area contributed by atoms with E-state index >= 15 is 0 Å². The second-order valence-electron chi connectivity index (χ2n) is 5.82. The Bertz CT molecular complexity index is 894. The van der Waals surface area contributed by atoms with Gasteiger partial charge in [0.15, 0.2) is 0 Å². The van der Waals surface area contributed by atoms with Crippen LogP contribution in [-0.4, -0.2) is 31.8 Å². The molecule has 0 radical (unpaired) electrons. The number of carboxylic acids is 1. The maximum Gasteiger partial charge on any atom is 0.329 e. The molecule has 26 heavy (non-hydrogen) atoms.